The second kappa shape index (κ2) is 4.43. The summed E-state index contributed by atoms with van der Waals surface area (Å²) in [5, 5.41) is 0. The molecule has 16 heavy (non-hydrogen) atoms. The van der Waals surface area contributed by atoms with E-state index in [1.807, 2.05) is 0 Å². The fourth-order valence-corrected chi connectivity index (χ4v) is 2.91. The number of hydrogen-bond donors (Lipinski definition) is 0. The number of rotatable bonds is 3. The highest BCUT2D eigenvalue weighted by atomic mass is 32.2. The molecule has 0 radical (unpaired) electrons. The Labute approximate surface area is 96.9 Å². The molecule has 1 aromatic rings. The highest BCUT2D eigenvalue weighted by Crippen LogP contribution is 2.27. The Kier molecular flexibility index (Phi) is 3.60. The minimum Gasteiger partial charge on any atom is -0.497 e. The summed E-state index contributed by atoms with van der Waals surface area (Å²) in [5.41, 5.74) is 1.40. The molecule has 0 unspecified atom stereocenters. The van der Waals surface area contributed by atoms with Gasteiger partial charge in [-0.2, -0.15) is 0 Å². The zero-order chi connectivity index (χ0) is 12.5. The van der Waals surface area contributed by atoms with Gasteiger partial charge >= 0.3 is 0 Å². The van der Waals surface area contributed by atoms with Crippen LogP contribution in [0.2, 0.25) is 0 Å². The van der Waals surface area contributed by atoms with E-state index in [4.69, 9.17) is 4.74 Å². The van der Waals surface area contributed by atoms with Crippen LogP contribution in [0.3, 0.4) is 0 Å². The van der Waals surface area contributed by atoms with Crippen LogP contribution in [0.4, 0.5) is 0 Å². The summed E-state index contributed by atoms with van der Waals surface area (Å²) in [6.07, 6.45) is 0. The Morgan fingerprint density at radius 3 is 1.88 bits per heavy atom. The summed E-state index contributed by atoms with van der Waals surface area (Å²) in [6, 6.07) is 3.45. The molecule has 0 heterocycles. The van der Waals surface area contributed by atoms with Crippen molar-refractivity contribution in [3.63, 3.8) is 0 Å². The number of methoxy groups -OCH3 is 1. The number of ether oxygens (including phenoxy) is 1. The maximum absolute atomic E-state index is 12.1. The van der Waals surface area contributed by atoms with E-state index in [1.54, 1.807) is 33.1 Å². The minimum atomic E-state index is -3.39. The van der Waals surface area contributed by atoms with Crippen molar-refractivity contribution in [2.75, 3.05) is 21.2 Å². The maximum Gasteiger partial charge on any atom is 0.243 e. The fraction of sp³-hybridized carbons (Fsp3) is 0.455. The third-order valence-electron chi connectivity index (χ3n) is 2.41. The van der Waals surface area contributed by atoms with Gasteiger partial charge in [0.2, 0.25) is 10.0 Å². The largest absolute Gasteiger partial charge is 0.497 e. The van der Waals surface area contributed by atoms with E-state index >= 15 is 0 Å². The zero-order valence-corrected chi connectivity index (χ0v) is 11.1. The molecule has 4 nitrogen and oxygen atoms in total. The Morgan fingerprint density at radius 2 is 1.56 bits per heavy atom. The molecule has 90 valence electrons. The van der Waals surface area contributed by atoms with Crippen LogP contribution < -0.4 is 4.74 Å². The molecule has 0 aromatic heterocycles. The third kappa shape index (κ3) is 2.20. The van der Waals surface area contributed by atoms with Crippen LogP contribution in [0.15, 0.2) is 17.0 Å². The Balaban J connectivity index is 3.48. The van der Waals surface area contributed by atoms with Gasteiger partial charge in [0.25, 0.3) is 0 Å². The van der Waals surface area contributed by atoms with Crippen LogP contribution in [0.5, 0.6) is 5.75 Å². The summed E-state index contributed by atoms with van der Waals surface area (Å²) in [4.78, 5) is 0.360. The molecule has 0 saturated carbocycles. The smallest absolute Gasteiger partial charge is 0.243 e. The van der Waals surface area contributed by atoms with Gasteiger partial charge in [0.15, 0.2) is 0 Å². The van der Waals surface area contributed by atoms with Gasteiger partial charge in [-0.15, -0.1) is 0 Å². The molecule has 1 rings (SSSR count). The van der Waals surface area contributed by atoms with Gasteiger partial charge in [-0.3, -0.25) is 0 Å². The summed E-state index contributed by atoms with van der Waals surface area (Å²) < 4.78 is 30.4. The van der Waals surface area contributed by atoms with Crippen molar-refractivity contribution >= 4 is 10.0 Å². The summed E-state index contributed by atoms with van der Waals surface area (Å²) in [7, 11) is 1.23. The van der Waals surface area contributed by atoms with E-state index in [9.17, 15) is 8.42 Å². The molecular weight excluding hydrogens is 226 g/mol. The molecule has 0 fully saturated rings. The molecule has 0 bridgehead atoms. The van der Waals surface area contributed by atoms with E-state index < -0.39 is 10.0 Å². The number of hydrogen-bond acceptors (Lipinski definition) is 3. The van der Waals surface area contributed by atoms with Gasteiger partial charge in [-0.05, 0) is 37.1 Å². The first-order valence-electron chi connectivity index (χ1n) is 4.88. The van der Waals surface area contributed by atoms with E-state index in [0.717, 1.165) is 0 Å². The summed E-state index contributed by atoms with van der Waals surface area (Å²) in [6.45, 7) is 3.54. The Hall–Kier alpha value is -1.07. The number of aryl methyl sites for hydroxylation is 2. The molecule has 0 atom stereocenters. The molecule has 0 aliphatic heterocycles. The molecular formula is C11H17NO3S. The third-order valence-corrected chi connectivity index (χ3v) is 4.53. The van der Waals surface area contributed by atoms with Crippen molar-refractivity contribution in [1.82, 2.24) is 4.31 Å². The number of nitrogens with zero attached hydrogens (tertiary/aromatic N) is 1. The van der Waals surface area contributed by atoms with E-state index in [2.05, 4.69) is 0 Å². The second-order valence-corrected chi connectivity index (χ2v) is 5.97. The van der Waals surface area contributed by atoms with Gasteiger partial charge in [0.1, 0.15) is 5.75 Å². The Bertz CT molecular complexity index is 469. The minimum absolute atomic E-state index is 0.360. The van der Waals surface area contributed by atoms with Gasteiger partial charge < -0.3 is 4.74 Å². The van der Waals surface area contributed by atoms with Crippen molar-refractivity contribution in [3.8, 4) is 5.75 Å². The molecule has 0 aliphatic rings. The summed E-state index contributed by atoms with van der Waals surface area (Å²) in [5.74, 6) is 0.674. The highest BCUT2D eigenvalue weighted by Gasteiger charge is 2.22. The van der Waals surface area contributed by atoms with E-state index in [1.165, 1.54) is 18.4 Å². The summed E-state index contributed by atoms with van der Waals surface area (Å²) >= 11 is 0. The van der Waals surface area contributed by atoms with Crippen LogP contribution in [-0.4, -0.2) is 33.9 Å². The van der Waals surface area contributed by atoms with Gasteiger partial charge in [0.05, 0.1) is 12.0 Å². The fourth-order valence-electron chi connectivity index (χ4n) is 1.62. The van der Waals surface area contributed by atoms with Crippen molar-refractivity contribution in [2.24, 2.45) is 0 Å². The number of sulfonamides is 1. The van der Waals surface area contributed by atoms with Crippen LogP contribution in [0.25, 0.3) is 0 Å². The van der Waals surface area contributed by atoms with Crippen LogP contribution in [0.1, 0.15) is 11.1 Å². The zero-order valence-electron chi connectivity index (χ0n) is 10.2. The van der Waals surface area contributed by atoms with E-state index in [0.29, 0.717) is 21.8 Å². The van der Waals surface area contributed by atoms with Gasteiger partial charge in [0, 0.05) is 14.1 Å². The van der Waals surface area contributed by atoms with Crippen LogP contribution >= 0.6 is 0 Å². The molecule has 0 spiro atoms. The predicted octanol–water partition coefficient (Wildman–Crippen LogP) is 1.56. The SMILES string of the molecule is COc1cc(C)c(S(=O)(=O)N(C)C)c(C)c1. The molecule has 0 amide bonds. The quantitative estimate of drug-likeness (QED) is 0.809. The lowest BCUT2D eigenvalue weighted by molar-refractivity contribution is 0.413. The average Bonchev–Trinajstić information content (AvgIpc) is 2.15. The lowest BCUT2D eigenvalue weighted by Gasteiger charge is -2.16. The normalized spacial score (nSPS) is 11.9. The highest BCUT2D eigenvalue weighted by molar-refractivity contribution is 7.89. The second-order valence-electron chi connectivity index (χ2n) is 3.88. The average molecular weight is 243 g/mol. The van der Waals surface area contributed by atoms with Gasteiger partial charge in [-0.1, -0.05) is 0 Å². The Morgan fingerprint density at radius 1 is 1.12 bits per heavy atom. The topological polar surface area (TPSA) is 46.6 Å². The van der Waals surface area contributed by atoms with Crippen LogP contribution in [0, 0.1) is 13.8 Å². The number of benzene rings is 1. The van der Waals surface area contributed by atoms with E-state index in [-0.39, 0.29) is 0 Å². The molecule has 0 saturated heterocycles. The lowest BCUT2D eigenvalue weighted by atomic mass is 10.1. The van der Waals surface area contributed by atoms with Crippen molar-refractivity contribution in [1.29, 1.82) is 0 Å². The molecule has 5 heteroatoms. The maximum atomic E-state index is 12.1. The first kappa shape index (κ1) is 13.0. The molecule has 0 aliphatic carbocycles. The first-order chi connectivity index (χ1) is 7.30. The standard InChI is InChI=1S/C11H17NO3S/c1-8-6-10(15-5)7-9(2)11(8)16(13,14)12(3)4/h6-7H,1-5H3. The monoisotopic (exact) mass is 243 g/mol. The molecule has 0 N–H and O–H groups in total. The lowest BCUT2D eigenvalue weighted by Crippen LogP contribution is -2.23. The van der Waals surface area contributed by atoms with Gasteiger partial charge in [-0.25, -0.2) is 12.7 Å². The predicted molar refractivity (Wildman–Crippen MR) is 63.3 cm³/mol. The first-order valence-corrected chi connectivity index (χ1v) is 6.32. The van der Waals surface area contributed by atoms with Crippen molar-refractivity contribution in [3.05, 3.63) is 23.3 Å². The van der Waals surface area contributed by atoms with Crippen molar-refractivity contribution in [2.45, 2.75) is 18.7 Å². The van der Waals surface area contributed by atoms with Crippen LogP contribution in [-0.2, 0) is 10.0 Å². The molecule has 1 aromatic carbocycles. The van der Waals surface area contributed by atoms with Crippen molar-refractivity contribution < 1.29 is 13.2 Å².